The Kier molecular flexibility index (Phi) is 5.23. The highest BCUT2D eigenvalue weighted by molar-refractivity contribution is 6.08. The minimum atomic E-state index is 0.615. The van der Waals surface area contributed by atoms with Gasteiger partial charge in [0.05, 0.1) is 5.69 Å². The quantitative estimate of drug-likeness (QED) is 0.581. The minimum Gasteiger partial charge on any atom is -0.365 e. The summed E-state index contributed by atoms with van der Waals surface area (Å²) in [5.74, 6) is 1.73. The molecule has 0 radical (unpaired) electrons. The molecule has 0 spiro atoms. The topological polar surface area (TPSA) is 40.5 Å². The molecule has 4 nitrogen and oxygen atoms in total. The number of benzene rings is 2. The third-order valence-electron chi connectivity index (χ3n) is 5.34. The van der Waals surface area contributed by atoms with Crippen LogP contribution in [0.25, 0.3) is 11.8 Å². The molecule has 150 valence electrons. The lowest BCUT2D eigenvalue weighted by Crippen LogP contribution is -2.28. The highest BCUT2D eigenvalue weighted by atomic mass is 15.2. The van der Waals surface area contributed by atoms with Gasteiger partial charge < -0.3 is 10.2 Å². The number of fused-ring (bicyclic) bond motifs is 1. The van der Waals surface area contributed by atoms with Crippen LogP contribution >= 0.6 is 0 Å². The Morgan fingerprint density at radius 2 is 1.83 bits per heavy atom. The van der Waals surface area contributed by atoms with Crippen molar-refractivity contribution in [2.45, 2.75) is 20.4 Å². The number of aryl methyl sites for hydroxylation is 2. The summed E-state index contributed by atoms with van der Waals surface area (Å²) in [5, 5.41) is 3.47. The largest absolute Gasteiger partial charge is 0.365 e. The Morgan fingerprint density at radius 3 is 2.57 bits per heavy atom. The molecule has 2 heterocycles. The highest BCUT2D eigenvalue weighted by Crippen LogP contribution is 2.38. The molecule has 0 saturated heterocycles. The first-order chi connectivity index (χ1) is 14.5. The Hall–Kier alpha value is -3.66. The van der Waals surface area contributed by atoms with Crippen molar-refractivity contribution in [3.63, 3.8) is 0 Å². The lowest BCUT2D eigenvalue weighted by atomic mass is 9.98. The number of hydrogen-bond acceptors (Lipinski definition) is 4. The summed E-state index contributed by atoms with van der Waals surface area (Å²) in [6.45, 7) is 13.0. The van der Waals surface area contributed by atoms with Crippen molar-refractivity contribution in [1.82, 2.24) is 9.88 Å². The summed E-state index contributed by atoms with van der Waals surface area (Å²) in [5.41, 5.74) is 8.44. The maximum Gasteiger partial charge on any atom is 0.140 e. The molecule has 4 heteroatoms. The molecule has 1 N–H and O–H groups in total. The van der Waals surface area contributed by atoms with Crippen LogP contribution in [-0.2, 0) is 6.54 Å². The first-order valence-electron chi connectivity index (χ1n) is 10.0. The molecule has 0 unspecified atom stereocenters. The van der Waals surface area contributed by atoms with Gasteiger partial charge in [-0.25, -0.2) is 9.98 Å². The van der Waals surface area contributed by atoms with Crippen molar-refractivity contribution in [2.75, 3.05) is 12.4 Å². The van der Waals surface area contributed by atoms with Crippen molar-refractivity contribution in [3.8, 4) is 0 Å². The number of aliphatic imine (C=N–C) groups is 1. The predicted molar refractivity (Wildman–Crippen MR) is 127 cm³/mol. The van der Waals surface area contributed by atoms with E-state index in [0.29, 0.717) is 6.54 Å². The number of aromatic nitrogens is 1. The number of amidine groups is 1. The summed E-state index contributed by atoms with van der Waals surface area (Å²) in [6, 6.07) is 16.6. The van der Waals surface area contributed by atoms with Gasteiger partial charge in [0, 0.05) is 42.2 Å². The van der Waals surface area contributed by atoms with E-state index in [1.54, 1.807) is 0 Å². The Bertz CT molecular complexity index is 1160. The summed E-state index contributed by atoms with van der Waals surface area (Å²) < 4.78 is 0. The molecule has 1 aliphatic heterocycles. The molecule has 0 saturated carbocycles. The van der Waals surface area contributed by atoms with Crippen LogP contribution in [0.1, 0.15) is 33.4 Å². The predicted octanol–water partition coefficient (Wildman–Crippen LogP) is 5.95. The van der Waals surface area contributed by atoms with E-state index in [-0.39, 0.29) is 0 Å². The van der Waals surface area contributed by atoms with Crippen molar-refractivity contribution in [3.05, 3.63) is 101 Å². The second-order valence-corrected chi connectivity index (χ2v) is 7.64. The van der Waals surface area contributed by atoms with Crippen LogP contribution in [0, 0.1) is 13.8 Å². The molecule has 0 bridgehead atoms. The summed E-state index contributed by atoms with van der Waals surface area (Å²) in [7, 11) is 2.02. The van der Waals surface area contributed by atoms with Gasteiger partial charge in [-0.05, 0) is 42.7 Å². The fourth-order valence-corrected chi connectivity index (χ4v) is 3.75. The van der Waals surface area contributed by atoms with E-state index < -0.39 is 0 Å². The van der Waals surface area contributed by atoms with Gasteiger partial charge in [0.2, 0.25) is 0 Å². The molecular weight excluding hydrogens is 368 g/mol. The second kappa shape index (κ2) is 7.99. The van der Waals surface area contributed by atoms with E-state index in [0.717, 1.165) is 50.9 Å². The van der Waals surface area contributed by atoms with Crippen molar-refractivity contribution >= 4 is 29.1 Å². The van der Waals surface area contributed by atoms with Crippen LogP contribution in [-0.4, -0.2) is 22.8 Å². The number of nitrogens with one attached hydrogen (secondary N) is 1. The van der Waals surface area contributed by atoms with Crippen LogP contribution in [0.2, 0.25) is 0 Å². The first-order valence-corrected chi connectivity index (χ1v) is 10.0. The smallest absolute Gasteiger partial charge is 0.140 e. The van der Waals surface area contributed by atoms with E-state index in [9.17, 15) is 0 Å². The van der Waals surface area contributed by atoms with Gasteiger partial charge >= 0.3 is 0 Å². The SMILES string of the molecule is C=Cc1cc(C)cnc1NCc1cc(C)cc2c1N=C(c1ccccc1)N(C)C2=C. The summed E-state index contributed by atoms with van der Waals surface area (Å²) >= 11 is 0. The van der Waals surface area contributed by atoms with E-state index in [1.165, 1.54) is 5.56 Å². The van der Waals surface area contributed by atoms with Crippen LogP contribution in [0.3, 0.4) is 0 Å². The zero-order valence-corrected chi connectivity index (χ0v) is 17.7. The molecule has 4 rings (SSSR count). The van der Waals surface area contributed by atoms with Crippen LogP contribution in [0.4, 0.5) is 11.5 Å². The fraction of sp³-hybridized carbons (Fsp3) is 0.154. The molecule has 1 aromatic heterocycles. The van der Waals surface area contributed by atoms with Gasteiger partial charge in [0.1, 0.15) is 11.7 Å². The number of pyridine rings is 1. The Labute approximate surface area is 178 Å². The highest BCUT2D eigenvalue weighted by Gasteiger charge is 2.24. The first kappa shape index (κ1) is 19.6. The van der Waals surface area contributed by atoms with E-state index in [4.69, 9.17) is 4.99 Å². The van der Waals surface area contributed by atoms with Gasteiger partial charge in [0.15, 0.2) is 0 Å². The van der Waals surface area contributed by atoms with Crippen LogP contribution < -0.4 is 5.32 Å². The van der Waals surface area contributed by atoms with Crippen LogP contribution in [0.15, 0.2) is 72.9 Å². The lowest BCUT2D eigenvalue weighted by Gasteiger charge is -2.30. The van der Waals surface area contributed by atoms with Gasteiger partial charge in [-0.3, -0.25) is 0 Å². The standard InChI is InChI=1S/C26H26N4/c1-6-20-13-18(3)15-27-25(20)28-16-22-12-17(2)14-23-19(4)30(5)26(29-24(22)23)21-10-8-7-9-11-21/h6-15H,1,4,16H2,2-3,5H3,(H,27,28). The average molecular weight is 395 g/mol. The second-order valence-electron chi connectivity index (χ2n) is 7.64. The molecule has 3 aromatic rings. The van der Waals surface area contributed by atoms with E-state index >= 15 is 0 Å². The van der Waals surface area contributed by atoms with Crippen LogP contribution in [0.5, 0.6) is 0 Å². The fourth-order valence-electron chi connectivity index (χ4n) is 3.75. The van der Waals surface area contributed by atoms with Crippen molar-refractivity contribution in [1.29, 1.82) is 0 Å². The van der Waals surface area contributed by atoms with Gasteiger partial charge in [-0.15, -0.1) is 0 Å². The van der Waals surface area contributed by atoms with E-state index in [1.807, 2.05) is 44.4 Å². The van der Waals surface area contributed by atoms with Gasteiger partial charge in [-0.2, -0.15) is 0 Å². The molecular formula is C26H26N4. The normalized spacial score (nSPS) is 13.0. The zero-order valence-electron chi connectivity index (χ0n) is 17.7. The number of nitrogens with zero attached hydrogens (tertiary/aromatic N) is 3. The number of anilines is 1. The molecule has 1 aliphatic rings. The molecule has 0 aliphatic carbocycles. The maximum absolute atomic E-state index is 5.06. The molecule has 0 fully saturated rings. The van der Waals surface area contributed by atoms with Gasteiger partial charge in [-0.1, -0.05) is 55.6 Å². The minimum absolute atomic E-state index is 0.615. The molecule has 30 heavy (non-hydrogen) atoms. The summed E-state index contributed by atoms with van der Waals surface area (Å²) in [4.78, 5) is 11.7. The molecule has 0 amide bonds. The Morgan fingerprint density at radius 1 is 1.07 bits per heavy atom. The monoisotopic (exact) mass is 394 g/mol. The van der Waals surface area contributed by atoms with Crippen molar-refractivity contribution in [2.24, 2.45) is 4.99 Å². The molecule has 0 atom stereocenters. The third kappa shape index (κ3) is 3.64. The third-order valence-corrected chi connectivity index (χ3v) is 5.34. The number of rotatable bonds is 5. The lowest BCUT2D eigenvalue weighted by molar-refractivity contribution is 0.712. The number of hydrogen-bond donors (Lipinski definition) is 1. The van der Waals surface area contributed by atoms with Gasteiger partial charge in [0.25, 0.3) is 0 Å². The average Bonchev–Trinajstić information content (AvgIpc) is 2.76. The molecule has 2 aromatic carbocycles. The van der Waals surface area contributed by atoms with E-state index in [2.05, 4.69) is 65.6 Å². The maximum atomic E-state index is 5.06. The zero-order chi connectivity index (χ0) is 21.3. The Balaban J connectivity index is 1.75. The van der Waals surface area contributed by atoms with Crippen molar-refractivity contribution < 1.29 is 0 Å². The summed E-state index contributed by atoms with van der Waals surface area (Å²) in [6.07, 6.45) is 3.69.